The highest BCUT2D eigenvalue weighted by Gasteiger charge is 2.23. The number of amides is 1. The molecular formula is C15H14N4O2. The molecule has 0 radical (unpaired) electrons. The number of rotatable bonds is 1. The fourth-order valence-corrected chi connectivity index (χ4v) is 2.68. The number of ether oxygens (including phenoxy) is 1. The molecule has 1 aliphatic rings. The highest BCUT2D eigenvalue weighted by Crippen LogP contribution is 2.19. The van der Waals surface area contributed by atoms with Gasteiger partial charge in [-0.05, 0) is 12.1 Å². The van der Waals surface area contributed by atoms with E-state index in [2.05, 4.69) is 9.97 Å². The first kappa shape index (κ1) is 12.3. The first-order valence-electron chi connectivity index (χ1n) is 6.92. The number of carbonyl (C=O) groups excluding carboxylic acids is 1. The predicted octanol–water partition coefficient (Wildman–Crippen LogP) is 1.35. The molecule has 21 heavy (non-hydrogen) atoms. The van der Waals surface area contributed by atoms with Gasteiger partial charge in [-0.25, -0.2) is 9.97 Å². The second-order valence-corrected chi connectivity index (χ2v) is 5.00. The molecule has 6 heteroatoms. The van der Waals surface area contributed by atoms with E-state index >= 15 is 0 Å². The van der Waals surface area contributed by atoms with Gasteiger partial charge in [-0.15, -0.1) is 0 Å². The van der Waals surface area contributed by atoms with Crippen molar-refractivity contribution in [2.45, 2.75) is 0 Å². The van der Waals surface area contributed by atoms with E-state index in [0.29, 0.717) is 32.0 Å². The molecule has 0 unspecified atom stereocenters. The minimum absolute atomic E-state index is 0.0606. The van der Waals surface area contributed by atoms with Crippen LogP contribution in [0, 0.1) is 0 Å². The Morgan fingerprint density at radius 2 is 1.95 bits per heavy atom. The highest BCUT2D eigenvalue weighted by atomic mass is 16.5. The van der Waals surface area contributed by atoms with Crippen LogP contribution in [0.2, 0.25) is 0 Å². The lowest BCUT2D eigenvalue weighted by Gasteiger charge is -2.26. The smallest absolute Gasteiger partial charge is 0.274 e. The normalized spacial score (nSPS) is 15.7. The molecule has 6 nitrogen and oxygen atoms in total. The van der Waals surface area contributed by atoms with Crippen LogP contribution in [-0.4, -0.2) is 51.5 Å². The van der Waals surface area contributed by atoms with Crippen molar-refractivity contribution >= 4 is 22.5 Å². The maximum Gasteiger partial charge on any atom is 0.274 e. The van der Waals surface area contributed by atoms with Crippen molar-refractivity contribution in [2.75, 3.05) is 26.3 Å². The lowest BCUT2D eigenvalue weighted by molar-refractivity contribution is 0.0300. The van der Waals surface area contributed by atoms with Crippen LogP contribution >= 0.6 is 0 Å². The Morgan fingerprint density at radius 1 is 1.14 bits per heavy atom. The van der Waals surface area contributed by atoms with Crippen LogP contribution in [0.4, 0.5) is 0 Å². The van der Waals surface area contributed by atoms with Crippen LogP contribution in [0.5, 0.6) is 0 Å². The van der Waals surface area contributed by atoms with E-state index in [1.165, 1.54) is 0 Å². The van der Waals surface area contributed by atoms with Gasteiger partial charge >= 0.3 is 0 Å². The van der Waals surface area contributed by atoms with Gasteiger partial charge in [0.05, 0.1) is 42.3 Å². The molecule has 1 saturated heterocycles. The number of morpholine rings is 1. The Kier molecular flexibility index (Phi) is 2.82. The van der Waals surface area contributed by atoms with Gasteiger partial charge in [0.15, 0.2) is 5.69 Å². The zero-order valence-electron chi connectivity index (χ0n) is 11.4. The molecule has 0 saturated carbocycles. The molecule has 2 aromatic heterocycles. The van der Waals surface area contributed by atoms with Crippen molar-refractivity contribution in [1.82, 2.24) is 19.3 Å². The number of hydrogen-bond acceptors (Lipinski definition) is 4. The summed E-state index contributed by atoms with van der Waals surface area (Å²) in [4.78, 5) is 23.2. The van der Waals surface area contributed by atoms with Crippen LogP contribution in [-0.2, 0) is 4.74 Å². The van der Waals surface area contributed by atoms with Crippen LogP contribution < -0.4 is 0 Å². The van der Waals surface area contributed by atoms with Gasteiger partial charge in [-0.1, -0.05) is 12.1 Å². The van der Waals surface area contributed by atoms with Crippen molar-refractivity contribution in [3.8, 4) is 0 Å². The quantitative estimate of drug-likeness (QED) is 0.676. The number of para-hydroxylation sites is 2. The largest absolute Gasteiger partial charge is 0.378 e. The predicted molar refractivity (Wildman–Crippen MR) is 77.2 cm³/mol. The van der Waals surface area contributed by atoms with Gasteiger partial charge in [0.1, 0.15) is 0 Å². The number of imidazole rings is 1. The third kappa shape index (κ3) is 1.95. The summed E-state index contributed by atoms with van der Waals surface area (Å²) in [6, 6.07) is 7.75. The first-order valence-corrected chi connectivity index (χ1v) is 6.92. The summed E-state index contributed by atoms with van der Waals surface area (Å²) in [6.07, 6.45) is 3.41. The van der Waals surface area contributed by atoms with Crippen molar-refractivity contribution in [3.63, 3.8) is 0 Å². The molecule has 1 fully saturated rings. The molecular weight excluding hydrogens is 268 g/mol. The van der Waals surface area contributed by atoms with E-state index < -0.39 is 0 Å². The molecule has 3 aromatic rings. The standard InChI is InChI=1S/C15H14N4O2/c20-15(18-5-7-21-8-6-18)14-13-9-16-10-19(13)12-4-2-1-3-11(12)17-14/h1-4,9-10H,5-8H2. The Bertz CT molecular complexity index is 821. The molecule has 1 aliphatic heterocycles. The van der Waals surface area contributed by atoms with Crippen LogP contribution in [0.3, 0.4) is 0 Å². The minimum atomic E-state index is -0.0606. The molecule has 1 amide bonds. The molecule has 0 aliphatic carbocycles. The van der Waals surface area contributed by atoms with Crippen LogP contribution in [0.15, 0.2) is 36.8 Å². The molecule has 0 N–H and O–H groups in total. The van der Waals surface area contributed by atoms with Gasteiger partial charge in [-0.3, -0.25) is 9.20 Å². The van der Waals surface area contributed by atoms with Crippen molar-refractivity contribution in [2.24, 2.45) is 0 Å². The fraction of sp³-hybridized carbons (Fsp3) is 0.267. The third-order valence-electron chi connectivity index (χ3n) is 3.76. The van der Waals surface area contributed by atoms with E-state index in [1.807, 2.05) is 28.7 Å². The average Bonchev–Trinajstić information content (AvgIpc) is 3.04. The average molecular weight is 282 g/mol. The third-order valence-corrected chi connectivity index (χ3v) is 3.76. The zero-order chi connectivity index (χ0) is 14.2. The first-order chi connectivity index (χ1) is 10.3. The molecule has 106 valence electrons. The number of carbonyl (C=O) groups is 1. The SMILES string of the molecule is O=C(c1nc2ccccc2n2cncc12)N1CCOCC1. The Hall–Kier alpha value is -2.47. The van der Waals surface area contributed by atoms with Gasteiger partial charge < -0.3 is 9.64 Å². The van der Waals surface area contributed by atoms with Crippen LogP contribution in [0.1, 0.15) is 10.5 Å². The second-order valence-electron chi connectivity index (χ2n) is 5.00. The summed E-state index contributed by atoms with van der Waals surface area (Å²) in [5.74, 6) is -0.0606. The molecule has 3 heterocycles. The molecule has 4 rings (SSSR count). The molecule has 0 atom stereocenters. The molecule has 0 spiro atoms. The van der Waals surface area contributed by atoms with E-state index in [9.17, 15) is 4.79 Å². The van der Waals surface area contributed by atoms with Gasteiger partial charge in [0.25, 0.3) is 5.91 Å². The molecule has 1 aromatic carbocycles. The maximum absolute atomic E-state index is 12.7. The number of benzene rings is 1. The van der Waals surface area contributed by atoms with E-state index in [0.717, 1.165) is 16.6 Å². The summed E-state index contributed by atoms with van der Waals surface area (Å²) in [6.45, 7) is 2.37. The Balaban J connectivity index is 1.89. The molecule has 0 bridgehead atoms. The summed E-state index contributed by atoms with van der Waals surface area (Å²) in [7, 11) is 0. The van der Waals surface area contributed by atoms with E-state index in [4.69, 9.17) is 4.74 Å². The summed E-state index contributed by atoms with van der Waals surface area (Å²) in [5.41, 5.74) is 2.93. The van der Waals surface area contributed by atoms with Gasteiger partial charge in [0, 0.05) is 13.1 Å². The zero-order valence-corrected chi connectivity index (χ0v) is 11.4. The van der Waals surface area contributed by atoms with Gasteiger partial charge in [-0.2, -0.15) is 0 Å². The summed E-state index contributed by atoms with van der Waals surface area (Å²) >= 11 is 0. The fourth-order valence-electron chi connectivity index (χ4n) is 2.68. The van der Waals surface area contributed by atoms with Crippen molar-refractivity contribution in [1.29, 1.82) is 0 Å². The lowest BCUT2D eigenvalue weighted by Crippen LogP contribution is -2.41. The van der Waals surface area contributed by atoms with Crippen molar-refractivity contribution in [3.05, 3.63) is 42.5 Å². The highest BCUT2D eigenvalue weighted by molar-refractivity contribution is 6.01. The lowest BCUT2D eigenvalue weighted by atomic mass is 10.2. The summed E-state index contributed by atoms with van der Waals surface area (Å²) in [5, 5.41) is 0. The number of fused-ring (bicyclic) bond motifs is 3. The Morgan fingerprint density at radius 3 is 2.81 bits per heavy atom. The minimum Gasteiger partial charge on any atom is -0.378 e. The van der Waals surface area contributed by atoms with E-state index in [-0.39, 0.29) is 5.91 Å². The Labute approximate surface area is 121 Å². The topological polar surface area (TPSA) is 59.7 Å². The maximum atomic E-state index is 12.7. The monoisotopic (exact) mass is 282 g/mol. The number of aromatic nitrogens is 3. The van der Waals surface area contributed by atoms with E-state index in [1.54, 1.807) is 17.4 Å². The second kappa shape index (κ2) is 4.82. The van der Waals surface area contributed by atoms with Crippen LogP contribution in [0.25, 0.3) is 16.6 Å². The van der Waals surface area contributed by atoms with Crippen molar-refractivity contribution < 1.29 is 9.53 Å². The summed E-state index contributed by atoms with van der Waals surface area (Å²) < 4.78 is 7.21. The number of hydrogen-bond donors (Lipinski definition) is 0. The van der Waals surface area contributed by atoms with Gasteiger partial charge in [0.2, 0.25) is 0 Å². The number of nitrogens with zero attached hydrogens (tertiary/aromatic N) is 4.